The van der Waals surface area contributed by atoms with Gasteiger partial charge in [-0.1, -0.05) is 24.3 Å². The summed E-state index contributed by atoms with van der Waals surface area (Å²) in [5, 5.41) is 0. The Labute approximate surface area is 135 Å². The summed E-state index contributed by atoms with van der Waals surface area (Å²) in [4.78, 5) is 17.5. The molecule has 1 fully saturated rings. The van der Waals surface area contributed by atoms with Crippen molar-refractivity contribution in [3.8, 4) is 0 Å². The number of rotatable bonds is 7. The Morgan fingerprint density at radius 2 is 2.00 bits per heavy atom. The maximum absolute atomic E-state index is 12.3. The lowest BCUT2D eigenvalue weighted by atomic mass is 10.2. The van der Waals surface area contributed by atoms with Crippen LogP contribution in [0.3, 0.4) is 0 Å². The van der Waals surface area contributed by atoms with Gasteiger partial charge in [-0.3, -0.25) is 9.78 Å². The van der Waals surface area contributed by atoms with Crippen LogP contribution in [0.25, 0.3) is 0 Å². The van der Waals surface area contributed by atoms with Gasteiger partial charge in [-0.25, -0.2) is 0 Å². The number of nitrogens with zero attached hydrogens (tertiary/aromatic N) is 1. The van der Waals surface area contributed by atoms with E-state index in [1.54, 1.807) is 18.0 Å². The predicted molar refractivity (Wildman–Crippen MR) is 87.8 cm³/mol. The van der Waals surface area contributed by atoms with Crippen LogP contribution in [0.4, 0.5) is 0 Å². The molecule has 0 bridgehead atoms. The molecular weight excluding hydrogens is 294 g/mol. The van der Waals surface area contributed by atoms with E-state index in [0.29, 0.717) is 6.61 Å². The monoisotopic (exact) mass is 313 g/mol. The largest absolute Gasteiger partial charge is 0.465 e. The normalized spacial score (nSPS) is 15.3. The van der Waals surface area contributed by atoms with Crippen LogP contribution in [0, 0.1) is 0 Å². The van der Waals surface area contributed by atoms with Gasteiger partial charge in [0.2, 0.25) is 0 Å². The van der Waals surface area contributed by atoms with Gasteiger partial charge in [-0.05, 0) is 49.4 Å². The number of aromatic nitrogens is 1. The third-order valence-corrected chi connectivity index (χ3v) is 5.17. The number of hydrogen-bond donors (Lipinski definition) is 0. The van der Waals surface area contributed by atoms with Crippen molar-refractivity contribution in [3.63, 3.8) is 0 Å². The van der Waals surface area contributed by atoms with Gasteiger partial charge in [0, 0.05) is 17.3 Å². The third kappa shape index (κ3) is 3.89. The molecule has 22 heavy (non-hydrogen) atoms. The van der Waals surface area contributed by atoms with E-state index in [9.17, 15) is 4.79 Å². The molecule has 0 saturated heterocycles. The van der Waals surface area contributed by atoms with Crippen molar-refractivity contribution >= 4 is 17.7 Å². The number of esters is 1. The molecule has 0 radical (unpaired) electrons. The van der Waals surface area contributed by atoms with Crippen molar-refractivity contribution in [2.24, 2.45) is 0 Å². The van der Waals surface area contributed by atoms with Gasteiger partial charge in [0.15, 0.2) is 0 Å². The summed E-state index contributed by atoms with van der Waals surface area (Å²) in [6.07, 6.45) is 7.17. The van der Waals surface area contributed by atoms with Crippen LogP contribution in [0.15, 0.2) is 59.8 Å². The molecule has 0 N–H and O–H groups in total. The van der Waals surface area contributed by atoms with Crippen LogP contribution >= 0.6 is 11.8 Å². The highest BCUT2D eigenvalue weighted by Crippen LogP contribution is 2.52. The molecule has 0 aliphatic heterocycles. The highest BCUT2D eigenvalue weighted by atomic mass is 32.2. The molecule has 1 aliphatic rings. The Balaban J connectivity index is 1.44. The van der Waals surface area contributed by atoms with Crippen molar-refractivity contribution < 1.29 is 9.53 Å². The fourth-order valence-electron chi connectivity index (χ4n) is 2.29. The molecule has 3 rings (SSSR count). The van der Waals surface area contributed by atoms with Gasteiger partial charge < -0.3 is 4.74 Å². The number of benzene rings is 1. The van der Waals surface area contributed by atoms with E-state index in [1.165, 1.54) is 5.56 Å². The molecule has 1 heterocycles. The maximum atomic E-state index is 12.3. The summed E-state index contributed by atoms with van der Waals surface area (Å²) in [7, 11) is 0. The average Bonchev–Trinajstić information content (AvgIpc) is 3.34. The molecule has 1 aromatic heterocycles. The van der Waals surface area contributed by atoms with E-state index >= 15 is 0 Å². The zero-order chi connectivity index (χ0) is 15.3. The van der Waals surface area contributed by atoms with Crippen molar-refractivity contribution in [1.82, 2.24) is 4.98 Å². The number of thioether (sulfide) groups is 1. The minimum absolute atomic E-state index is 0.0625. The summed E-state index contributed by atoms with van der Waals surface area (Å²) in [6, 6.07) is 14.0. The Hall–Kier alpha value is -1.81. The Bertz CT molecular complexity index is 611. The highest BCUT2D eigenvalue weighted by Gasteiger charge is 2.52. The van der Waals surface area contributed by atoms with E-state index in [4.69, 9.17) is 4.74 Å². The Morgan fingerprint density at radius 3 is 2.68 bits per heavy atom. The number of carbonyl (C=O) groups excluding carboxylic acids is 1. The topological polar surface area (TPSA) is 39.2 Å². The summed E-state index contributed by atoms with van der Waals surface area (Å²) >= 11 is 1.63. The molecule has 0 unspecified atom stereocenters. The fourth-order valence-corrected chi connectivity index (χ4v) is 3.49. The van der Waals surface area contributed by atoms with Crippen LogP contribution < -0.4 is 0 Å². The summed E-state index contributed by atoms with van der Waals surface area (Å²) in [6.45, 7) is 0.477. The van der Waals surface area contributed by atoms with Gasteiger partial charge in [-0.2, -0.15) is 0 Å². The molecule has 0 amide bonds. The van der Waals surface area contributed by atoms with Crippen LogP contribution in [-0.4, -0.2) is 22.3 Å². The number of hydrogen-bond acceptors (Lipinski definition) is 4. The van der Waals surface area contributed by atoms with E-state index in [2.05, 4.69) is 4.98 Å². The lowest BCUT2D eigenvalue weighted by Gasteiger charge is -2.14. The average molecular weight is 313 g/mol. The molecule has 1 saturated carbocycles. The second-order valence-electron chi connectivity index (χ2n) is 5.51. The molecule has 4 heteroatoms. The minimum Gasteiger partial charge on any atom is -0.465 e. The first-order valence-electron chi connectivity index (χ1n) is 7.59. The first kappa shape index (κ1) is 15.1. The smallest absolute Gasteiger partial charge is 0.322 e. The predicted octanol–water partition coefficient (Wildman–Crippen LogP) is 3.88. The fraction of sp³-hybridized carbons (Fsp3) is 0.333. The lowest BCUT2D eigenvalue weighted by molar-refractivity contribution is -0.143. The van der Waals surface area contributed by atoms with Gasteiger partial charge >= 0.3 is 5.97 Å². The first-order valence-corrected chi connectivity index (χ1v) is 8.40. The van der Waals surface area contributed by atoms with Crippen molar-refractivity contribution in [3.05, 3.63) is 60.4 Å². The van der Waals surface area contributed by atoms with Crippen molar-refractivity contribution in [2.75, 3.05) is 6.61 Å². The molecule has 0 spiro atoms. The van der Waals surface area contributed by atoms with E-state index in [1.807, 2.05) is 48.7 Å². The number of pyridine rings is 1. The Morgan fingerprint density at radius 1 is 1.18 bits per heavy atom. The standard InChI is InChI=1S/C18H19NO2S/c20-17(21-13-5-7-15-6-4-12-19-14-15)18(10-11-18)22-16-8-2-1-3-9-16/h1-4,6,8-9,12,14H,5,7,10-11,13H2. The van der Waals surface area contributed by atoms with Gasteiger partial charge in [0.25, 0.3) is 0 Å². The zero-order valence-corrected chi connectivity index (χ0v) is 13.2. The first-order chi connectivity index (χ1) is 10.8. The summed E-state index contributed by atoms with van der Waals surface area (Å²) in [5.74, 6) is -0.0625. The minimum atomic E-state index is -0.338. The van der Waals surface area contributed by atoms with E-state index in [-0.39, 0.29) is 10.7 Å². The summed E-state index contributed by atoms with van der Waals surface area (Å²) in [5.41, 5.74) is 1.18. The van der Waals surface area contributed by atoms with Crippen LogP contribution in [-0.2, 0) is 16.0 Å². The maximum Gasteiger partial charge on any atom is 0.322 e. The molecule has 114 valence electrons. The van der Waals surface area contributed by atoms with Crippen molar-refractivity contribution in [2.45, 2.75) is 35.3 Å². The number of ether oxygens (including phenoxy) is 1. The SMILES string of the molecule is O=C(OCCCc1cccnc1)C1(Sc2ccccc2)CC1. The zero-order valence-electron chi connectivity index (χ0n) is 12.4. The molecule has 2 aromatic rings. The second-order valence-corrected chi connectivity index (χ2v) is 6.97. The van der Waals surface area contributed by atoms with Gasteiger partial charge in [-0.15, -0.1) is 11.8 Å². The van der Waals surface area contributed by atoms with Crippen LogP contribution in [0.2, 0.25) is 0 Å². The highest BCUT2D eigenvalue weighted by molar-refractivity contribution is 8.01. The lowest BCUT2D eigenvalue weighted by Crippen LogP contribution is -2.22. The van der Waals surface area contributed by atoms with Crippen molar-refractivity contribution in [1.29, 1.82) is 0 Å². The molecule has 3 nitrogen and oxygen atoms in total. The number of aryl methyl sites for hydroxylation is 1. The molecule has 1 aromatic carbocycles. The molecule has 0 atom stereocenters. The third-order valence-electron chi connectivity index (χ3n) is 3.70. The van der Waals surface area contributed by atoms with Gasteiger partial charge in [0.1, 0.15) is 4.75 Å². The van der Waals surface area contributed by atoms with E-state index in [0.717, 1.165) is 30.6 Å². The summed E-state index contributed by atoms with van der Waals surface area (Å²) < 4.78 is 5.15. The molecule has 1 aliphatic carbocycles. The molecular formula is C18H19NO2S. The van der Waals surface area contributed by atoms with Gasteiger partial charge in [0.05, 0.1) is 6.61 Å². The Kier molecular flexibility index (Phi) is 4.78. The second kappa shape index (κ2) is 6.97. The van der Waals surface area contributed by atoms with Crippen LogP contribution in [0.1, 0.15) is 24.8 Å². The van der Waals surface area contributed by atoms with E-state index < -0.39 is 0 Å². The quantitative estimate of drug-likeness (QED) is 0.574. The number of carbonyl (C=O) groups is 1. The van der Waals surface area contributed by atoms with Crippen LogP contribution in [0.5, 0.6) is 0 Å².